The van der Waals surface area contributed by atoms with E-state index in [1.165, 1.54) is 17.8 Å². The van der Waals surface area contributed by atoms with Gasteiger partial charge in [0.05, 0.1) is 16.4 Å². The maximum atomic E-state index is 12.7. The van der Waals surface area contributed by atoms with Gasteiger partial charge < -0.3 is 10.6 Å². The molecule has 1 aromatic rings. The summed E-state index contributed by atoms with van der Waals surface area (Å²) < 4.78 is 0. The number of piperidine rings is 1. The van der Waals surface area contributed by atoms with E-state index in [9.17, 15) is 10.1 Å². The van der Waals surface area contributed by atoms with Crippen molar-refractivity contribution in [3.63, 3.8) is 0 Å². The normalized spacial score (nSPS) is 21.6. The molecule has 0 aliphatic carbocycles. The number of hydrogen-bond acceptors (Lipinski definition) is 6. The van der Waals surface area contributed by atoms with Gasteiger partial charge in [0.1, 0.15) is 23.0 Å². The zero-order valence-corrected chi connectivity index (χ0v) is 14.9. The van der Waals surface area contributed by atoms with E-state index in [1.54, 1.807) is 0 Å². The summed E-state index contributed by atoms with van der Waals surface area (Å²) in [4.78, 5) is 18.7. The highest BCUT2D eigenvalue weighted by Crippen LogP contribution is 2.30. The number of thioether (sulfide) groups is 1. The molecular weight excluding hydrogens is 322 g/mol. The molecule has 1 fully saturated rings. The molecule has 7 heteroatoms. The van der Waals surface area contributed by atoms with Crippen molar-refractivity contribution in [3.05, 3.63) is 17.2 Å². The second-order valence-electron chi connectivity index (χ2n) is 6.45. The fourth-order valence-electron chi connectivity index (χ4n) is 3.09. The molecule has 3 unspecified atom stereocenters. The van der Waals surface area contributed by atoms with Crippen LogP contribution in [0.2, 0.25) is 0 Å². The monoisotopic (exact) mass is 343 g/mol. The standard InChI is InChI=1S/C17H21N5OS/c1-10-4-11(2)9-22(8-10)17(23)12(3)24-16-14(7-19)5-13(6-18)15(20)21-16/h5,10-12H,4,8-9H2,1-3H3,(H2,20,21). The van der Waals surface area contributed by atoms with Gasteiger partial charge in [0.15, 0.2) is 0 Å². The second-order valence-corrected chi connectivity index (χ2v) is 7.78. The van der Waals surface area contributed by atoms with E-state index >= 15 is 0 Å². The van der Waals surface area contributed by atoms with Crippen molar-refractivity contribution in [2.24, 2.45) is 11.8 Å². The fourth-order valence-corrected chi connectivity index (χ4v) is 4.05. The molecule has 24 heavy (non-hydrogen) atoms. The minimum absolute atomic E-state index is 0.0482. The highest BCUT2D eigenvalue weighted by Gasteiger charge is 2.29. The zero-order chi connectivity index (χ0) is 17.9. The number of anilines is 1. The van der Waals surface area contributed by atoms with E-state index in [4.69, 9.17) is 11.0 Å². The van der Waals surface area contributed by atoms with Crippen LogP contribution in [0.15, 0.2) is 11.1 Å². The lowest BCUT2D eigenvalue weighted by atomic mass is 9.92. The molecule has 0 bridgehead atoms. The summed E-state index contributed by atoms with van der Waals surface area (Å²) in [7, 11) is 0. The Bertz CT molecular complexity index is 711. The number of nitrogens with zero attached hydrogens (tertiary/aromatic N) is 4. The van der Waals surface area contributed by atoms with E-state index in [2.05, 4.69) is 18.8 Å². The van der Waals surface area contributed by atoms with Crippen LogP contribution in [0, 0.1) is 34.5 Å². The highest BCUT2D eigenvalue weighted by molar-refractivity contribution is 8.00. The van der Waals surface area contributed by atoms with Crippen LogP contribution in [-0.2, 0) is 4.79 Å². The molecule has 1 aromatic heterocycles. The molecule has 2 heterocycles. The Labute approximate surface area is 146 Å². The average Bonchev–Trinajstić information content (AvgIpc) is 2.53. The van der Waals surface area contributed by atoms with Crippen LogP contribution < -0.4 is 5.73 Å². The van der Waals surface area contributed by atoms with Crippen LogP contribution in [0.5, 0.6) is 0 Å². The van der Waals surface area contributed by atoms with Crippen LogP contribution in [-0.4, -0.2) is 34.1 Å². The molecule has 126 valence electrons. The third-order valence-electron chi connectivity index (χ3n) is 4.07. The molecule has 0 saturated carbocycles. The first-order valence-corrected chi connectivity index (χ1v) is 8.79. The largest absolute Gasteiger partial charge is 0.383 e. The van der Waals surface area contributed by atoms with E-state index in [-0.39, 0.29) is 28.1 Å². The number of rotatable bonds is 3. The molecule has 0 spiro atoms. The molecule has 1 amide bonds. The van der Waals surface area contributed by atoms with Gasteiger partial charge in [0.25, 0.3) is 0 Å². The molecule has 3 atom stereocenters. The van der Waals surface area contributed by atoms with Crippen LogP contribution in [0.4, 0.5) is 5.82 Å². The average molecular weight is 343 g/mol. The molecule has 2 N–H and O–H groups in total. The first-order valence-electron chi connectivity index (χ1n) is 7.91. The number of carbonyl (C=O) groups excluding carboxylic acids is 1. The van der Waals surface area contributed by atoms with Gasteiger partial charge in [0, 0.05) is 13.1 Å². The van der Waals surface area contributed by atoms with Gasteiger partial charge >= 0.3 is 0 Å². The quantitative estimate of drug-likeness (QED) is 0.844. The third kappa shape index (κ3) is 3.98. The van der Waals surface area contributed by atoms with Crippen LogP contribution in [0.25, 0.3) is 0 Å². The van der Waals surface area contributed by atoms with E-state index in [0.717, 1.165) is 19.5 Å². The number of likely N-dealkylation sites (tertiary alicyclic amines) is 1. The number of amides is 1. The van der Waals surface area contributed by atoms with E-state index in [1.807, 2.05) is 24.0 Å². The maximum Gasteiger partial charge on any atom is 0.235 e. The predicted molar refractivity (Wildman–Crippen MR) is 92.9 cm³/mol. The Balaban J connectivity index is 2.16. The minimum atomic E-state index is -0.366. The Hall–Kier alpha value is -2.25. The molecule has 1 aliphatic rings. The third-order valence-corrected chi connectivity index (χ3v) is 5.16. The lowest BCUT2D eigenvalue weighted by Gasteiger charge is -2.36. The number of carbonyl (C=O) groups is 1. The Kier molecular flexibility index (Phi) is 5.69. The van der Waals surface area contributed by atoms with Crippen molar-refractivity contribution in [2.75, 3.05) is 18.8 Å². The molecule has 2 rings (SSSR count). The van der Waals surface area contributed by atoms with Crippen LogP contribution in [0.3, 0.4) is 0 Å². The van der Waals surface area contributed by atoms with Gasteiger partial charge in [0.2, 0.25) is 5.91 Å². The lowest BCUT2D eigenvalue weighted by Crippen LogP contribution is -2.45. The summed E-state index contributed by atoms with van der Waals surface area (Å²) in [5.74, 6) is 1.12. The Morgan fingerprint density at radius 1 is 1.33 bits per heavy atom. The van der Waals surface area contributed by atoms with Crippen LogP contribution >= 0.6 is 11.8 Å². The number of aromatic nitrogens is 1. The number of nitrogens with two attached hydrogens (primary N) is 1. The van der Waals surface area contributed by atoms with Crippen molar-refractivity contribution in [1.82, 2.24) is 9.88 Å². The molecule has 1 saturated heterocycles. The van der Waals surface area contributed by atoms with E-state index < -0.39 is 0 Å². The first kappa shape index (κ1) is 18.1. The number of pyridine rings is 1. The summed E-state index contributed by atoms with van der Waals surface area (Å²) in [6.45, 7) is 7.66. The van der Waals surface area contributed by atoms with Gasteiger partial charge in [-0.1, -0.05) is 25.6 Å². The Morgan fingerprint density at radius 3 is 2.46 bits per heavy atom. The van der Waals surface area contributed by atoms with Gasteiger partial charge in [-0.15, -0.1) is 0 Å². The summed E-state index contributed by atoms with van der Waals surface area (Å²) in [6, 6.07) is 5.36. The summed E-state index contributed by atoms with van der Waals surface area (Å²) in [6.07, 6.45) is 1.14. The minimum Gasteiger partial charge on any atom is -0.383 e. The first-order chi connectivity index (χ1) is 11.3. The number of nitrogen functional groups attached to an aromatic ring is 1. The molecule has 0 radical (unpaired) electrons. The van der Waals surface area contributed by atoms with Crippen molar-refractivity contribution in [2.45, 2.75) is 37.5 Å². The Morgan fingerprint density at radius 2 is 1.92 bits per heavy atom. The predicted octanol–water partition coefficient (Wildman–Crippen LogP) is 2.39. The number of hydrogen-bond donors (Lipinski definition) is 1. The fraction of sp³-hybridized carbons (Fsp3) is 0.529. The van der Waals surface area contributed by atoms with Crippen molar-refractivity contribution < 1.29 is 4.79 Å². The van der Waals surface area contributed by atoms with Crippen LogP contribution in [0.1, 0.15) is 38.3 Å². The maximum absolute atomic E-state index is 12.7. The van der Waals surface area contributed by atoms with Gasteiger partial charge in [-0.2, -0.15) is 10.5 Å². The van der Waals surface area contributed by atoms with E-state index in [0.29, 0.717) is 16.9 Å². The smallest absolute Gasteiger partial charge is 0.235 e. The van der Waals surface area contributed by atoms with Gasteiger partial charge in [-0.05, 0) is 31.2 Å². The SMILES string of the molecule is CC1CC(C)CN(C(=O)C(C)Sc2nc(N)c(C#N)cc2C#N)C1. The van der Waals surface area contributed by atoms with Gasteiger partial charge in [-0.25, -0.2) is 4.98 Å². The molecular formula is C17H21N5OS. The summed E-state index contributed by atoms with van der Waals surface area (Å²) in [5.41, 5.74) is 6.18. The number of nitriles is 2. The summed E-state index contributed by atoms with van der Waals surface area (Å²) >= 11 is 1.22. The molecule has 1 aliphatic heterocycles. The topological polar surface area (TPSA) is 107 Å². The highest BCUT2D eigenvalue weighted by atomic mass is 32.2. The van der Waals surface area contributed by atoms with Crippen molar-refractivity contribution >= 4 is 23.5 Å². The zero-order valence-electron chi connectivity index (χ0n) is 14.1. The van der Waals surface area contributed by atoms with Crippen molar-refractivity contribution in [3.8, 4) is 12.1 Å². The second kappa shape index (κ2) is 7.55. The molecule has 0 aromatic carbocycles. The van der Waals surface area contributed by atoms with Gasteiger partial charge in [-0.3, -0.25) is 4.79 Å². The molecule has 6 nitrogen and oxygen atoms in total. The lowest BCUT2D eigenvalue weighted by molar-refractivity contribution is -0.132. The summed E-state index contributed by atoms with van der Waals surface area (Å²) in [5, 5.41) is 18.3. The van der Waals surface area contributed by atoms with Crippen molar-refractivity contribution in [1.29, 1.82) is 10.5 Å².